The van der Waals surface area contributed by atoms with Gasteiger partial charge in [0.05, 0.1) is 7.11 Å². The Balaban J connectivity index is 2.63. The Bertz CT molecular complexity index is 347. The number of rotatable bonds is 7. The number of esters is 1. The molecule has 1 aliphatic carbocycles. The molecule has 2 atom stereocenters. The first kappa shape index (κ1) is 18.2. The van der Waals surface area contributed by atoms with Crippen molar-refractivity contribution in [1.29, 1.82) is 0 Å². The molecule has 1 saturated carbocycles. The quantitative estimate of drug-likeness (QED) is 0.580. The van der Waals surface area contributed by atoms with Gasteiger partial charge in [-0.15, -0.1) is 0 Å². The summed E-state index contributed by atoms with van der Waals surface area (Å²) in [6.45, 7) is 2.60. The van der Waals surface area contributed by atoms with Crippen LogP contribution in [-0.4, -0.2) is 44.0 Å². The molecule has 0 aromatic heterocycles. The molecule has 7 heteroatoms. The maximum Gasteiger partial charge on any atom is 0.411 e. The fourth-order valence-electron chi connectivity index (χ4n) is 3.10. The van der Waals surface area contributed by atoms with Crippen molar-refractivity contribution in [3.05, 3.63) is 0 Å². The highest BCUT2D eigenvalue weighted by molar-refractivity contribution is 5.81. The van der Waals surface area contributed by atoms with E-state index in [0.717, 1.165) is 12.8 Å². The molecule has 0 saturated heterocycles. The summed E-state index contributed by atoms with van der Waals surface area (Å²) in [5.41, 5.74) is -0.801. The maximum atomic E-state index is 12.2. The van der Waals surface area contributed by atoms with Gasteiger partial charge in [-0.2, -0.15) is 13.2 Å². The van der Waals surface area contributed by atoms with E-state index in [2.05, 4.69) is 10.1 Å². The molecule has 21 heavy (non-hydrogen) atoms. The van der Waals surface area contributed by atoms with Crippen LogP contribution in [0.2, 0.25) is 0 Å². The highest BCUT2D eigenvalue weighted by Gasteiger charge is 2.49. The molecule has 0 bridgehead atoms. The second kappa shape index (κ2) is 7.45. The summed E-state index contributed by atoms with van der Waals surface area (Å²) in [6, 6.07) is 0.0841. The van der Waals surface area contributed by atoms with Crippen molar-refractivity contribution in [2.75, 3.05) is 20.3 Å². The zero-order chi connectivity index (χ0) is 16.1. The summed E-state index contributed by atoms with van der Waals surface area (Å²) in [4.78, 5) is 12.2. The Hall–Kier alpha value is -0.820. The van der Waals surface area contributed by atoms with Gasteiger partial charge in [0, 0.05) is 12.6 Å². The Kier molecular flexibility index (Phi) is 6.46. The molecule has 1 rings (SSSR count). The second-order valence-electron chi connectivity index (χ2n) is 5.81. The zero-order valence-electron chi connectivity index (χ0n) is 12.8. The van der Waals surface area contributed by atoms with Crippen LogP contribution in [-0.2, 0) is 14.3 Å². The monoisotopic (exact) mass is 311 g/mol. The van der Waals surface area contributed by atoms with E-state index in [0.29, 0.717) is 12.8 Å². The molecule has 0 amide bonds. The van der Waals surface area contributed by atoms with Crippen LogP contribution in [0.4, 0.5) is 13.2 Å². The number of carbonyl (C=O) groups is 1. The molecule has 2 unspecified atom stereocenters. The normalized spacial score (nSPS) is 26.3. The number of ether oxygens (including phenoxy) is 2. The van der Waals surface area contributed by atoms with Gasteiger partial charge >= 0.3 is 12.1 Å². The Morgan fingerprint density at radius 2 is 2.10 bits per heavy atom. The number of hydrogen-bond acceptors (Lipinski definition) is 4. The summed E-state index contributed by atoms with van der Waals surface area (Å²) in [7, 11) is 1.33. The summed E-state index contributed by atoms with van der Waals surface area (Å²) in [5, 5.41) is 3.26. The van der Waals surface area contributed by atoms with Gasteiger partial charge in [-0.1, -0.05) is 6.42 Å². The highest BCUT2D eigenvalue weighted by Crippen LogP contribution is 2.39. The van der Waals surface area contributed by atoms with E-state index >= 15 is 0 Å². The van der Waals surface area contributed by atoms with Crippen LogP contribution in [0.25, 0.3) is 0 Å². The minimum Gasteiger partial charge on any atom is -0.468 e. The number of nitrogens with one attached hydrogen (secondary N) is 1. The molecular weight excluding hydrogens is 287 g/mol. The minimum absolute atomic E-state index is 0.0112. The van der Waals surface area contributed by atoms with Crippen molar-refractivity contribution in [2.24, 2.45) is 5.92 Å². The van der Waals surface area contributed by atoms with E-state index in [9.17, 15) is 18.0 Å². The van der Waals surface area contributed by atoms with E-state index < -0.39 is 18.3 Å². The number of halogens is 3. The van der Waals surface area contributed by atoms with Crippen LogP contribution < -0.4 is 5.32 Å². The molecule has 4 nitrogen and oxygen atoms in total. The highest BCUT2D eigenvalue weighted by atomic mass is 19.4. The van der Waals surface area contributed by atoms with E-state index in [4.69, 9.17) is 4.74 Å². The molecule has 0 radical (unpaired) electrons. The Labute approximate surface area is 123 Å². The van der Waals surface area contributed by atoms with E-state index in [1.54, 1.807) is 0 Å². The van der Waals surface area contributed by atoms with E-state index in [1.165, 1.54) is 7.11 Å². The summed E-state index contributed by atoms with van der Waals surface area (Å²) >= 11 is 0. The summed E-state index contributed by atoms with van der Waals surface area (Å²) < 4.78 is 45.7. The van der Waals surface area contributed by atoms with Crippen molar-refractivity contribution in [1.82, 2.24) is 5.32 Å². The van der Waals surface area contributed by atoms with E-state index in [-0.39, 0.29) is 24.5 Å². The zero-order valence-corrected chi connectivity index (χ0v) is 12.8. The largest absolute Gasteiger partial charge is 0.468 e. The third kappa shape index (κ3) is 5.14. The van der Waals surface area contributed by atoms with Crippen molar-refractivity contribution >= 4 is 5.97 Å². The number of carbonyl (C=O) groups excluding carboxylic acids is 1. The van der Waals surface area contributed by atoms with Gasteiger partial charge < -0.3 is 9.47 Å². The number of methoxy groups -OCH3 is 1. The van der Waals surface area contributed by atoms with Gasteiger partial charge in [0.1, 0.15) is 12.1 Å². The van der Waals surface area contributed by atoms with Crippen LogP contribution in [0, 0.1) is 5.92 Å². The van der Waals surface area contributed by atoms with Gasteiger partial charge in [-0.05, 0) is 39.0 Å². The van der Waals surface area contributed by atoms with Crippen LogP contribution in [0.15, 0.2) is 0 Å². The fourth-order valence-corrected chi connectivity index (χ4v) is 3.10. The minimum atomic E-state index is -4.31. The number of alkyl halides is 3. The smallest absolute Gasteiger partial charge is 0.411 e. The molecular formula is C14H24F3NO3. The topological polar surface area (TPSA) is 47.6 Å². The fraction of sp³-hybridized carbons (Fsp3) is 0.929. The SMILES string of the molecule is COC(=O)C1(NC(C)C)CCCC1CCOCC(F)(F)F. The molecule has 0 spiro atoms. The first-order valence-corrected chi connectivity index (χ1v) is 7.22. The predicted octanol–water partition coefficient (Wildman–Crippen LogP) is 2.67. The van der Waals surface area contributed by atoms with E-state index in [1.807, 2.05) is 13.8 Å². The average molecular weight is 311 g/mol. The van der Waals surface area contributed by atoms with Crippen LogP contribution >= 0.6 is 0 Å². The molecule has 1 fully saturated rings. The lowest BCUT2D eigenvalue weighted by atomic mass is 9.84. The van der Waals surface area contributed by atoms with Gasteiger partial charge in [-0.3, -0.25) is 10.1 Å². The summed E-state index contributed by atoms with van der Waals surface area (Å²) in [5.74, 6) is -0.407. The van der Waals surface area contributed by atoms with Gasteiger partial charge in [0.25, 0.3) is 0 Å². The molecule has 0 aromatic carbocycles. The average Bonchev–Trinajstić information content (AvgIpc) is 2.75. The molecule has 124 valence electrons. The molecule has 1 N–H and O–H groups in total. The van der Waals surface area contributed by atoms with Gasteiger partial charge in [0.2, 0.25) is 0 Å². The van der Waals surface area contributed by atoms with Crippen LogP contribution in [0.3, 0.4) is 0 Å². The van der Waals surface area contributed by atoms with Crippen molar-refractivity contribution in [3.63, 3.8) is 0 Å². The lowest BCUT2D eigenvalue weighted by molar-refractivity contribution is -0.175. The summed E-state index contributed by atoms with van der Waals surface area (Å²) in [6.07, 6.45) is -1.64. The Morgan fingerprint density at radius 3 is 2.62 bits per heavy atom. The lowest BCUT2D eigenvalue weighted by Crippen LogP contribution is -2.57. The van der Waals surface area contributed by atoms with Crippen LogP contribution in [0.5, 0.6) is 0 Å². The first-order chi connectivity index (χ1) is 9.71. The third-order valence-corrected chi connectivity index (χ3v) is 3.79. The maximum absolute atomic E-state index is 12.2. The molecule has 0 aliphatic heterocycles. The van der Waals surface area contributed by atoms with Gasteiger partial charge in [-0.25, -0.2) is 0 Å². The number of hydrogen-bond donors (Lipinski definition) is 1. The van der Waals surface area contributed by atoms with Crippen molar-refractivity contribution in [3.8, 4) is 0 Å². The van der Waals surface area contributed by atoms with Gasteiger partial charge in [0.15, 0.2) is 0 Å². The van der Waals surface area contributed by atoms with Crippen molar-refractivity contribution in [2.45, 2.75) is 57.3 Å². The molecule has 0 aromatic rings. The standard InChI is InChI=1S/C14H24F3NO3/c1-10(2)18-13(12(19)20-3)7-4-5-11(13)6-8-21-9-14(15,16)17/h10-11,18H,4-9H2,1-3H3. The third-order valence-electron chi connectivity index (χ3n) is 3.79. The first-order valence-electron chi connectivity index (χ1n) is 7.22. The lowest BCUT2D eigenvalue weighted by Gasteiger charge is -2.35. The Morgan fingerprint density at radius 1 is 1.43 bits per heavy atom. The van der Waals surface area contributed by atoms with Crippen molar-refractivity contribution < 1.29 is 27.4 Å². The molecule has 0 heterocycles. The second-order valence-corrected chi connectivity index (χ2v) is 5.81. The van der Waals surface area contributed by atoms with Crippen LogP contribution in [0.1, 0.15) is 39.5 Å². The predicted molar refractivity (Wildman–Crippen MR) is 71.9 cm³/mol. The molecule has 1 aliphatic rings.